The predicted octanol–water partition coefficient (Wildman–Crippen LogP) is 3.84. The van der Waals surface area contributed by atoms with Crippen molar-refractivity contribution in [3.8, 4) is 5.75 Å². The molecular weight excluding hydrogens is 250 g/mol. The highest BCUT2D eigenvalue weighted by Crippen LogP contribution is 2.28. The molecule has 1 aromatic rings. The summed E-state index contributed by atoms with van der Waals surface area (Å²) in [6.07, 6.45) is 7.00. The fourth-order valence-corrected chi connectivity index (χ4v) is 2.92. The van der Waals surface area contributed by atoms with Crippen LogP contribution in [0.2, 0.25) is 0 Å². The van der Waals surface area contributed by atoms with Gasteiger partial charge in [0, 0.05) is 6.42 Å². The van der Waals surface area contributed by atoms with Gasteiger partial charge in [0.1, 0.15) is 5.75 Å². The average molecular weight is 275 g/mol. The number of ether oxygens (including phenoxy) is 1. The molecule has 1 atom stereocenters. The van der Waals surface area contributed by atoms with Crippen molar-refractivity contribution in [2.45, 2.75) is 51.5 Å². The molecule has 1 aromatic carbocycles. The van der Waals surface area contributed by atoms with E-state index in [0.717, 1.165) is 23.7 Å². The van der Waals surface area contributed by atoms with Crippen molar-refractivity contribution in [1.29, 1.82) is 0 Å². The molecule has 0 spiro atoms. The van der Waals surface area contributed by atoms with E-state index < -0.39 is 0 Å². The predicted molar refractivity (Wildman–Crippen MR) is 80.7 cm³/mol. The highest BCUT2D eigenvalue weighted by Gasteiger charge is 2.17. The first-order valence-corrected chi connectivity index (χ1v) is 7.62. The third-order valence-corrected chi connectivity index (χ3v) is 4.25. The standard InChI is InChI=1S/C17H25NO2/c1-13(15-8-10-16(20-2)11-9-15)18-17(19)12-7-14-5-3-4-6-14/h8-11,13-14H,3-7,12H2,1-2H3,(H,18,19)/t13-/m1/s1. The number of amides is 1. The van der Waals surface area contributed by atoms with Crippen molar-refractivity contribution in [2.24, 2.45) is 5.92 Å². The van der Waals surface area contributed by atoms with E-state index in [1.165, 1.54) is 25.7 Å². The number of hydrogen-bond acceptors (Lipinski definition) is 2. The maximum Gasteiger partial charge on any atom is 0.220 e. The van der Waals surface area contributed by atoms with Gasteiger partial charge in [-0.05, 0) is 37.0 Å². The van der Waals surface area contributed by atoms with Crippen LogP contribution in [0.25, 0.3) is 0 Å². The van der Waals surface area contributed by atoms with E-state index in [1.807, 2.05) is 31.2 Å². The van der Waals surface area contributed by atoms with Crippen molar-refractivity contribution in [3.63, 3.8) is 0 Å². The van der Waals surface area contributed by atoms with Gasteiger partial charge in [0.05, 0.1) is 13.2 Å². The Hall–Kier alpha value is -1.51. The Morgan fingerprint density at radius 1 is 1.30 bits per heavy atom. The highest BCUT2D eigenvalue weighted by molar-refractivity contribution is 5.76. The third-order valence-electron chi connectivity index (χ3n) is 4.25. The Labute approximate surface area is 121 Å². The summed E-state index contributed by atoms with van der Waals surface area (Å²) in [5.74, 6) is 1.78. The first-order valence-electron chi connectivity index (χ1n) is 7.62. The van der Waals surface area contributed by atoms with Crippen molar-refractivity contribution in [1.82, 2.24) is 5.32 Å². The normalized spacial score (nSPS) is 16.9. The van der Waals surface area contributed by atoms with E-state index in [4.69, 9.17) is 4.74 Å². The van der Waals surface area contributed by atoms with Gasteiger partial charge in [0.2, 0.25) is 5.91 Å². The summed E-state index contributed by atoms with van der Waals surface area (Å²) in [7, 11) is 1.66. The minimum atomic E-state index is 0.0528. The number of methoxy groups -OCH3 is 1. The van der Waals surface area contributed by atoms with Gasteiger partial charge >= 0.3 is 0 Å². The van der Waals surface area contributed by atoms with Gasteiger partial charge < -0.3 is 10.1 Å². The summed E-state index contributed by atoms with van der Waals surface area (Å²) < 4.78 is 5.14. The summed E-state index contributed by atoms with van der Waals surface area (Å²) in [6, 6.07) is 7.91. The van der Waals surface area contributed by atoms with Crippen LogP contribution < -0.4 is 10.1 Å². The van der Waals surface area contributed by atoms with Crippen molar-refractivity contribution in [3.05, 3.63) is 29.8 Å². The van der Waals surface area contributed by atoms with Crippen LogP contribution in [-0.2, 0) is 4.79 Å². The van der Waals surface area contributed by atoms with Crippen molar-refractivity contribution >= 4 is 5.91 Å². The SMILES string of the molecule is COc1ccc([C@@H](C)NC(=O)CCC2CCCC2)cc1. The van der Waals surface area contributed by atoms with E-state index in [0.29, 0.717) is 6.42 Å². The molecule has 0 aliphatic heterocycles. The highest BCUT2D eigenvalue weighted by atomic mass is 16.5. The number of hydrogen-bond donors (Lipinski definition) is 1. The molecule has 1 fully saturated rings. The zero-order valence-electron chi connectivity index (χ0n) is 12.5. The number of rotatable bonds is 6. The van der Waals surface area contributed by atoms with Gasteiger partial charge in [-0.2, -0.15) is 0 Å². The molecule has 0 radical (unpaired) electrons. The summed E-state index contributed by atoms with van der Waals surface area (Å²) in [5.41, 5.74) is 1.11. The van der Waals surface area contributed by atoms with Crippen LogP contribution in [0.15, 0.2) is 24.3 Å². The van der Waals surface area contributed by atoms with Crippen LogP contribution in [0.1, 0.15) is 57.1 Å². The van der Waals surface area contributed by atoms with E-state index in [9.17, 15) is 4.79 Å². The van der Waals surface area contributed by atoms with E-state index in [-0.39, 0.29) is 11.9 Å². The fourth-order valence-electron chi connectivity index (χ4n) is 2.92. The van der Waals surface area contributed by atoms with Gasteiger partial charge in [-0.25, -0.2) is 0 Å². The lowest BCUT2D eigenvalue weighted by molar-refractivity contribution is -0.122. The van der Waals surface area contributed by atoms with Crippen molar-refractivity contribution in [2.75, 3.05) is 7.11 Å². The molecule has 0 bridgehead atoms. The lowest BCUT2D eigenvalue weighted by atomic mass is 10.0. The molecule has 1 N–H and O–H groups in total. The molecule has 110 valence electrons. The minimum Gasteiger partial charge on any atom is -0.497 e. The molecular formula is C17H25NO2. The number of carbonyl (C=O) groups excluding carboxylic acids is 1. The zero-order valence-corrected chi connectivity index (χ0v) is 12.5. The van der Waals surface area contributed by atoms with E-state index in [1.54, 1.807) is 7.11 Å². The molecule has 1 amide bonds. The Kier molecular flexibility index (Phi) is 5.45. The summed E-state index contributed by atoms with van der Waals surface area (Å²) >= 11 is 0. The number of benzene rings is 1. The Morgan fingerprint density at radius 3 is 2.55 bits per heavy atom. The van der Waals surface area contributed by atoms with Gasteiger partial charge in [0.25, 0.3) is 0 Å². The van der Waals surface area contributed by atoms with Gasteiger partial charge in [-0.3, -0.25) is 4.79 Å². The number of nitrogens with one attached hydrogen (secondary N) is 1. The van der Waals surface area contributed by atoms with Crippen LogP contribution in [0.4, 0.5) is 0 Å². The molecule has 0 saturated heterocycles. The smallest absolute Gasteiger partial charge is 0.220 e. The first-order chi connectivity index (χ1) is 9.69. The zero-order chi connectivity index (χ0) is 14.4. The lowest BCUT2D eigenvalue weighted by Crippen LogP contribution is -2.26. The van der Waals surface area contributed by atoms with Crippen LogP contribution in [-0.4, -0.2) is 13.0 Å². The van der Waals surface area contributed by atoms with Crippen LogP contribution >= 0.6 is 0 Å². The molecule has 3 heteroatoms. The largest absolute Gasteiger partial charge is 0.497 e. The van der Waals surface area contributed by atoms with Gasteiger partial charge in [0.15, 0.2) is 0 Å². The maximum absolute atomic E-state index is 12.0. The monoisotopic (exact) mass is 275 g/mol. The summed E-state index contributed by atoms with van der Waals surface area (Å²) in [5, 5.41) is 3.08. The Morgan fingerprint density at radius 2 is 1.95 bits per heavy atom. The third kappa shape index (κ3) is 4.26. The fraction of sp³-hybridized carbons (Fsp3) is 0.588. The van der Waals surface area contributed by atoms with Crippen LogP contribution in [0, 0.1) is 5.92 Å². The first kappa shape index (κ1) is 14.9. The molecule has 1 aliphatic carbocycles. The number of carbonyl (C=O) groups is 1. The Balaban J connectivity index is 1.77. The second-order valence-electron chi connectivity index (χ2n) is 5.75. The Bertz CT molecular complexity index is 421. The van der Waals surface area contributed by atoms with E-state index >= 15 is 0 Å². The quantitative estimate of drug-likeness (QED) is 0.856. The maximum atomic E-state index is 12.0. The van der Waals surface area contributed by atoms with Crippen LogP contribution in [0.5, 0.6) is 5.75 Å². The summed E-state index contributed by atoms with van der Waals surface area (Å²) in [4.78, 5) is 12.0. The molecule has 0 unspecified atom stereocenters. The van der Waals surface area contributed by atoms with Crippen molar-refractivity contribution < 1.29 is 9.53 Å². The molecule has 0 heterocycles. The average Bonchev–Trinajstić information content (AvgIpc) is 2.98. The summed E-state index contributed by atoms with van der Waals surface area (Å²) in [6.45, 7) is 2.02. The minimum absolute atomic E-state index is 0.0528. The van der Waals surface area contributed by atoms with Crippen LogP contribution in [0.3, 0.4) is 0 Å². The molecule has 1 aliphatic rings. The molecule has 0 aromatic heterocycles. The van der Waals surface area contributed by atoms with Gasteiger partial charge in [-0.15, -0.1) is 0 Å². The lowest BCUT2D eigenvalue weighted by Gasteiger charge is -2.15. The molecule has 20 heavy (non-hydrogen) atoms. The topological polar surface area (TPSA) is 38.3 Å². The van der Waals surface area contributed by atoms with E-state index in [2.05, 4.69) is 5.32 Å². The second-order valence-corrected chi connectivity index (χ2v) is 5.75. The molecule has 1 saturated carbocycles. The second kappa shape index (κ2) is 7.32. The molecule has 3 nitrogen and oxygen atoms in total. The molecule has 2 rings (SSSR count). The van der Waals surface area contributed by atoms with Gasteiger partial charge in [-0.1, -0.05) is 37.8 Å².